The molecule has 6 atom stereocenters. The minimum absolute atomic E-state index is 0.0248. The number of fused-ring (bicyclic) bond motifs is 1. The molecule has 0 aromatic heterocycles. The molecular formula is C32H43ClN2O6. The Bertz CT molecular complexity index is 1170. The summed E-state index contributed by atoms with van der Waals surface area (Å²) < 4.78 is 12.5. The van der Waals surface area contributed by atoms with Crippen LogP contribution in [-0.2, 0) is 23.9 Å². The molecule has 1 aromatic carbocycles. The van der Waals surface area contributed by atoms with Crippen molar-refractivity contribution in [1.82, 2.24) is 4.90 Å². The van der Waals surface area contributed by atoms with Gasteiger partial charge in [-0.05, 0) is 69.9 Å². The lowest BCUT2D eigenvalue weighted by molar-refractivity contribution is -0.161. The molecule has 3 heterocycles. The van der Waals surface area contributed by atoms with Crippen LogP contribution in [-0.4, -0.2) is 71.3 Å². The number of unbranched alkanes of at least 4 members (excludes halogenated alkanes) is 3. The third-order valence-electron chi connectivity index (χ3n) is 9.19. The van der Waals surface area contributed by atoms with Gasteiger partial charge in [-0.3, -0.25) is 14.4 Å². The summed E-state index contributed by atoms with van der Waals surface area (Å²) >= 11 is 6.62. The molecule has 1 aromatic rings. The van der Waals surface area contributed by atoms with Crippen LogP contribution in [0, 0.1) is 24.7 Å². The molecule has 1 N–H and O–H groups in total. The van der Waals surface area contributed by atoms with Gasteiger partial charge in [-0.1, -0.05) is 42.8 Å². The highest BCUT2D eigenvalue weighted by molar-refractivity contribution is 6.34. The Balaban J connectivity index is 1.75. The lowest BCUT2D eigenvalue weighted by Crippen LogP contribution is -2.57. The number of anilines is 1. The van der Waals surface area contributed by atoms with Gasteiger partial charge in [0.15, 0.2) is 0 Å². The average molecular weight is 587 g/mol. The van der Waals surface area contributed by atoms with Gasteiger partial charge in [0.25, 0.3) is 5.91 Å². The maximum atomic E-state index is 14.7. The number of esters is 1. The largest absolute Gasteiger partial charge is 0.465 e. The van der Waals surface area contributed by atoms with E-state index in [0.29, 0.717) is 36.4 Å². The zero-order chi connectivity index (χ0) is 29.9. The standard InChI is InChI=1S/C32H43ClN2O6/c1-6-8-9-12-19-40-30(39)25-24-28(37)35(17-10-11-18-36)27(32(24)20-22(4)31(25,5)41-32)29(38)34(16-7-2)26-21(3)14-13-15-23(26)33/h6-7,13-15,22,24-25,27,36H,1-2,8-12,16-20H2,3-5H3/t22?,24-,25+,27?,31-,32?/m0/s1. The second-order valence-electron chi connectivity index (χ2n) is 11.8. The SMILES string of the molecule is C=CCCCCOC(=O)[C@H]1[C@H]2C(=O)N(CCCCO)C(C(=O)N(CC=C)c3c(C)cccc3Cl)C23CC(C)[C@]1(C)O3. The van der Waals surface area contributed by atoms with Crippen molar-refractivity contribution in [2.24, 2.45) is 17.8 Å². The number of nitrogens with zero attached hydrogens (tertiary/aromatic N) is 2. The average Bonchev–Trinajstić information content (AvgIpc) is 3.44. The van der Waals surface area contributed by atoms with Crippen LogP contribution in [0.2, 0.25) is 5.02 Å². The molecule has 3 aliphatic heterocycles. The topological polar surface area (TPSA) is 96.4 Å². The monoisotopic (exact) mass is 586 g/mol. The summed E-state index contributed by atoms with van der Waals surface area (Å²) in [5, 5.41) is 9.86. The molecule has 4 rings (SSSR count). The summed E-state index contributed by atoms with van der Waals surface area (Å²) in [7, 11) is 0. The van der Waals surface area contributed by atoms with Crippen molar-refractivity contribution in [3.63, 3.8) is 0 Å². The second kappa shape index (κ2) is 12.7. The van der Waals surface area contributed by atoms with Crippen molar-refractivity contribution in [1.29, 1.82) is 0 Å². The summed E-state index contributed by atoms with van der Waals surface area (Å²) in [6.07, 6.45) is 7.29. The van der Waals surface area contributed by atoms with Crippen molar-refractivity contribution in [3.05, 3.63) is 54.1 Å². The molecule has 2 amide bonds. The van der Waals surface area contributed by atoms with Crippen LogP contribution in [0.3, 0.4) is 0 Å². The number of carbonyl (C=O) groups excluding carboxylic acids is 3. The summed E-state index contributed by atoms with van der Waals surface area (Å²) in [4.78, 5) is 45.7. The van der Waals surface area contributed by atoms with Gasteiger partial charge in [0, 0.05) is 19.7 Å². The number of allylic oxidation sites excluding steroid dienone is 1. The van der Waals surface area contributed by atoms with Gasteiger partial charge in [-0.15, -0.1) is 13.2 Å². The number of hydrogen-bond donors (Lipinski definition) is 1. The van der Waals surface area contributed by atoms with Gasteiger partial charge in [0.05, 0.1) is 28.8 Å². The maximum Gasteiger partial charge on any atom is 0.312 e. The lowest BCUT2D eigenvalue weighted by atomic mass is 9.62. The first-order valence-corrected chi connectivity index (χ1v) is 15.0. The lowest BCUT2D eigenvalue weighted by Gasteiger charge is -2.37. The van der Waals surface area contributed by atoms with Crippen molar-refractivity contribution < 1.29 is 29.0 Å². The highest BCUT2D eigenvalue weighted by Gasteiger charge is 2.80. The number of hydrogen-bond acceptors (Lipinski definition) is 6. The van der Waals surface area contributed by atoms with E-state index >= 15 is 0 Å². The highest BCUT2D eigenvalue weighted by Crippen LogP contribution is 2.65. The van der Waals surface area contributed by atoms with Gasteiger partial charge < -0.3 is 24.4 Å². The molecule has 224 valence electrons. The Hall–Kier alpha value is -2.68. The summed E-state index contributed by atoms with van der Waals surface area (Å²) in [6, 6.07) is 4.47. The van der Waals surface area contributed by atoms with Gasteiger partial charge in [0.2, 0.25) is 5.91 Å². The summed E-state index contributed by atoms with van der Waals surface area (Å²) in [5.74, 6) is -2.81. The molecule has 3 unspecified atom stereocenters. The second-order valence-corrected chi connectivity index (χ2v) is 12.2. The highest BCUT2D eigenvalue weighted by atomic mass is 35.5. The van der Waals surface area contributed by atoms with Gasteiger partial charge in [-0.2, -0.15) is 0 Å². The van der Waals surface area contributed by atoms with Crippen LogP contribution in [0.25, 0.3) is 0 Å². The number of para-hydroxylation sites is 1. The van der Waals surface area contributed by atoms with E-state index < -0.39 is 35.0 Å². The number of rotatable bonds is 14. The van der Waals surface area contributed by atoms with Gasteiger partial charge in [-0.25, -0.2) is 0 Å². The van der Waals surface area contributed by atoms with Crippen molar-refractivity contribution in [2.45, 2.75) is 76.5 Å². The summed E-state index contributed by atoms with van der Waals surface area (Å²) in [6.45, 7) is 14.0. The Morgan fingerprint density at radius 2 is 2.00 bits per heavy atom. The van der Waals surface area contributed by atoms with E-state index in [1.165, 1.54) is 0 Å². The molecule has 0 saturated carbocycles. The number of aliphatic hydroxyl groups is 1. The predicted molar refractivity (Wildman–Crippen MR) is 159 cm³/mol. The maximum absolute atomic E-state index is 14.7. The first-order chi connectivity index (χ1) is 19.6. The van der Waals surface area contributed by atoms with E-state index in [1.807, 2.05) is 39.0 Å². The quantitative estimate of drug-likeness (QED) is 0.190. The Labute approximate surface area is 248 Å². The molecule has 0 aliphatic carbocycles. The molecule has 3 fully saturated rings. The molecule has 0 radical (unpaired) electrons. The Morgan fingerprint density at radius 1 is 1.24 bits per heavy atom. The van der Waals surface area contributed by atoms with Crippen LogP contribution in [0.5, 0.6) is 0 Å². The Kier molecular flexibility index (Phi) is 9.66. The van der Waals surface area contributed by atoms with E-state index in [4.69, 9.17) is 21.1 Å². The van der Waals surface area contributed by atoms with E-state index in [2.05, 4.69) is 13.2 Å². The third-order valence-corrected chi connectivity index (χ3v) is 9.50. The Morgan fingerprint density at radius 3 is 2.66 bits per heavy atom. The van der Waals surface area contributed by atoms with E-state index in [-0.39, 0.29) is 44.0 Å². The zero-order valence-electron chi connectivity index (χ0n) is 24.4. The van der Waals surface area contributed by atoms with Crippen LogP contribution in [0.15, 0.2) is 43.5 Å². The first kappa shape index (κ1) is 31.3. The molecule has 8 nitrogen and oxygen atoms in total. The fourth-order valence-electron chi connectivity index (χ4n) is 7.20. The van der Waals surface area contributed by atoms with E-state index in [1.54, 1.807) is 21.9 Å². The molecule has 41 heavy (non-hydrogen) atoms. The molecule has 1 spiro atoms. The molecular weight excluding hydrogens is 544 g/mol. The number of aryl methyl sites for hydroxylation is 1. The minimum atomic E-state index is -1.19. The van der Waals surface area contributed by atoms with Crippen LogP contribution < -0.4 is 4.90 Å². The fourth-order valence-corrected chi connectivity index (χ4v) is 7.52. The molecule has 3 aliphatic rings. The molecule has 9 heteroatoms. The third kappa shape index (κ3) is 5.35. The number of amides is 2. The van der Waals surface area contributed by atoms with Gasteiger partial charge >= 0.3 is 5.97 Å². The number of benzene rings is 1. The minimum Gasteiger partial charge on any atom is -0.465 e. The number of ether oxygens (including phenoxy) is 2. The normalized spacial score (nSPS) is 29.9. The fraction of sp³-hybridized carbons (Fsp3) is 0.594. The summed E-state index contributed by atoms with van der Waals surface area (Å²) in [5.41, 5.74) is -0.766. The van der Waals surface area contributed by atoms with Crippen LogP contribution >= 0.6 is 11.6 Å². The number of carbonyl (C=O) groups is 3. The number of likely N-dealkylation sites (tertiary alicyclic amines) is 1. The zero-order valence-corrected chi connectivity index (χ0v) is 25.2. The first-order valence-electron chi connectivity index (χ1n) is 14.7. The van der Waals surface area contributed by atoms with Crippen molar-refractivity contribution >= 4 is 35.1 Å². The predicted octanol–water partition coefficient (Wildman–Crippen LogP) is 4.85. The van der Waals surface area contributed by atoms with Gasteiger partial charge in [0.1, 0.15) is 17.6 Å². The van der Waals surface area contributed by atoms with Crippen LogP contribution in [0.4, 0.5) is 5.69 Å². The smallest absolute Gasteiger partial charge is 0.312 e. The molecule has 3 saturated heterocycles. The van der Waals surface area contributed by atoms with E-state index in [0.717, 1.165) is 18.4 Å². The van der Waals surface area contributed by atoms with E-state index in [9.17, 15) is 19.5 Å². The van der Waals surface area contributed by atoms with Crippen LogP contribution in [0.1, 0.15) is 57.9 Å². The number of aliphatic hydroxyl groups excluding tert-OH is 1. The number of halogens is 1. The van der Waals surface area contributed by atoms with Crippen molar-refractivity contribution in [2.75, 3.05) is 31.2 Å². The molecule has 2 bridgehead atoms. The van der Waals surface area contributed by atoms with Crippen molar-refractivity contribution in [3.8, 4) is 0 Å².